The molecule has 116 valence electrons. The van der Waals surface area contributed by atoms with Gasteiger partial charge in [0.25, 0.3) is 0 Å². The van der Waals surface area contributed by atoms with Gasteiger partial charge < -0.3 is 10.4 Å². The number of thiophene rings is 1. The Bertz CT molecular complexity index is 688. The van der Waals surface area contributed by atoms with E-state index in [4.69, 9.17) is 5.11 Å². The molecule has 1 amide bonds. The summed E-state index contributed by atoms with van der Waals surface area (Å²) in [6.45, 7) is 0.184. The molecule has 1 aliphatic heterocycles. The van der Waals surface area contributed by atoms with E-state index in [0.717, 1.165) is 4.31 Å². The molecule has 7 nitrogen and oxygen atoms in total. The number of carboxylic acids is 1. The standard InChI is InChI=1S/C10H10Br2N2O5S2/c11-7-4-6(9(12)20-7)21(18,19)14-2-1-13-10(17)5(14)3-8(15)16/h4-5H,1-3H2,(H,13,17)(H,15,16). The smallest absolute Gasteiger partial charge is 0.305 e. The second-order valence-electron chi connectivity index (χ2n) is 4.21. The van der Waals surface area contributed by atoms with Gasteiger partial charge in [-0.05, 0) is 37.9 Å². The number of nitrogens with zero attached hydrogens (tertiary/aromatic N) is 1. The number of hydrogen-bond acceptors (Lipinski definition) is 5. The molecule has 0 bridgehead atoms. The van der Waals surface area contributed by atoms with Gasteiger partial charge in [-0.3, -0.25) is 9.59 Å². The maximum atomic E-state index is 12.7. The molecule has 1 atom stereocenters. The van der Waals surface area contributed by atoms with Crippen molar-refractivity contribution in [1.29, 1.82) is 0 Å². The number of hydrogen-bond donors (Lipinski definition) is 2. The molecule has 0 aliphatic carbocycles. The molecule has 1 unspecified atom stereocenters. The lowest BCUT2D eigenvalue weighted by molar-refractivity contribution is -0.141. The molecular weight excluding hydrogens is 452 g/mol. The fourth-order valence-electron chi connectivity index (χ4n) is 1.97. The quantitative estimate of drug-likeness (QED) is 0.701. The zero-order valence-electron chi connectivity index (χ0n) is 10.4. The van der Waals surface area contributed by atoms with Crippen LogP contribution in [0.2, 0.25) is 0 Å². The predicted molar refractivity (Wildman–Crippen MR) is 82.7 cm³/mol. The number of carboxylic acid groups (broad SMARTS) is 1. The van der Waals surface area contributed by atoms with Crippen LogP contribution in [-0.4, -0.2) is 48.8 Å². The zero-order valence-corrected chi connectivity index (χ0v) is 15.2. The van der Waals surface area contributed by atoms with Crippen LogP contribution in [0, 0.1) is 0 Å². The number of halogens is 2. The molecule has 0 saturated carbocycles. The molecular formula is C10H10Br2N2O5S2. The molecule has 21 heavy (non-hydrogen) atoms. The van der Waals surface area contributed by atoms with Crippen LogP contribution in [0.3, 0.4) is 0 Å². The van der Waals surface area contributed by atoms with E-state index < -0.39 is 34.4 Å². The summed E-state index contributed by atoms with van der Waals surface area (Å²) in [5.74, 6) is -1.83. The third kappa shape index (κ3) is 3.47. The Hall–Kier alpha value is -0.490. The minimum Gasteiger partial charge on any atom is -0.481 e. The fourth-order valence-corrected chi connectivity index (χ4v) is 7.32. The second-order valence-corrected chi connectivity index (χ2v) is 9.82. The number of nitrogens with one attached hydrogen (secondary N) is 1. The Morgan fingerprint density at radius 2 is 2.19 bits per heavy atom. The summed E-state index contributed by atoms with van der Waals surface area (Å²) < 4.78 is 27.3. The molecule has 11 heteroatoms. The largest absolute Gasteiger partial charge is 0.481 e. The first-order valence-electron chi connectivity index (χ1n) is 5.69. The third-order valence-corrected chi connectivity index (χ3v) is 7.52. The summed E-state index contributed by atoms with van der Waals surface area (Å²) in [4.78, 5) is 22.7. The van der Waals surface area contributed by atoms with Crippen LogP contribution in [-0.2, 0) is 19.6 Å². The fraction of sp³-hybridized carbons (Fsp3) is 0.400. The van der Waals surface area contributed by atoms with Crippen molar-refractivity contribution < 1.29 is 23.1 Å². The second kappa shape index (κ2) is 6.32. The van der Waals surface area contributed by atoms with Gasteiger partial charge in [0.15, 0.2) is 0 Å². The van der Waals surface area contributed by atoms with Crippen LogP contribution in [0.15, 0.2) is 18.5 Å². The van der Waals surface area contributed by atoms with E-state index in [1.165, 1.54) is 17.4 Å². The lowest BCUT2D eigenvalue weighted by Crippen LogP contribution is -2.57. The molecule has 0 aromatic carbocycles. The van der Waals surface area contributed by atoms with Crippen molar-refractivity contribution in [2.75, 3.05) is 13.1 Å². The number of carbonyl (C=O) groups is 2. The van der Waals surface area contributed by atoms with Gasteiger partial charge in [0.1, 0.15) is 10.9 Å². The number of carbonyl (C=O) groups excluding carboxylic acids is 1. The van der Waals surface area contributed by atoms with Gasteiger partial charge in [-0.25, -0.2) is 8.42 Å². The Balaban J connectivity index is 2.43. The molecule has 2 rings (SSSR count). The Kier molecular flexibility index (Phi) is 5.08. The van der Waals surface area contributed by atoms with Gasteiger partial charge >= 0.3 is 5.97 Å². The van der Waals surface area contributed by atoms with E-state index >= 15 is 0 Å². The molecule has 2 heterocycles. The van der Waals surface area contributed by atoms with Gasteiger partial charge in [-0.15, -0.1) is 11.3 Å². The Morgan fingerprint density at radius 3 is 2.71 bits per heavy atom. The van der Waals surface area contributed by atoms with Gasteiger partial charge in [-0.1, -0.05) is 0 Å². The summed E-state index contributed by atoms with van der Waals surface area (Å²) in [6, 6.07) is 0.181. The van der Waals surface area contributed by atoms with Crippen LogP contribution in [0.4, 0.5) is 0 Å². The van der Waals surface area contributed by atoms with Crippen molar-refractivity contribution >= 4 is 65.1 Å². The first kappa shape index (κ1) is 16.9. The molecule has 1 aliphatic rings. The van der Waals surface area contributed by atoms with Crippen molar-refractivity contribution in [2.24, 2.45) is 0 Å². The third-order valence-electron chi connectivity index (χ3n) is 2.86. The summed E-state index contributed by atoms with van der Waals surface area (Å²) in [7, 11) is -3.96. The van der Waals surface area contributed by atoms with E-state index in [1.807, 2.05) is 0 Å². The lowest BCUT2D eigenvalue weighted by atomic mass is 10.1. The average Bonchev–Trinajstić information content (AvgIpc) is 2.71. The van der Waals surface area contributed by atoms with Crippen LogP contribution in [0.25, 0.3) is 0 Å². The first-order valence-corrected chi connectivity index (χ1v) is 9.54. The minimum absolute atomic E-state index is 0.0180. The molecule has 1 fully saturated rings. The van der Waals surface area contributed by atoms with Crippen molar-refractivity contribution in [3.63, 3.8) is 0 Å². The zero-order chi connectivity index (χ0) is 15.8. The highest BCUT2D eigenvalue weighted by Crippen LogP contribution is 2.37. The van der Waals surface area contributed by atoms with Crippen LogP contribution < -0.4 is 5.32 Å². The Labute approximate surface area is 141 Å². The van der Waals surface area contributed by atoms with Crippen LogP contribution in [0.1, 0.15) is 6.42 Å². The average molecular weight is 462 g/mol. The summed E-state index contributed by atoms with van der Waals surface area (Å²) in [5, 5.41) is 11.4. The number of amides is 1. The van der Waals surface area contributed by atoms with Gasteiger partial charge in [0.2, 0.25) is 15.9 Å². The van der Waals surface area contributed by atoms with E-state index in [1.54, 1.807) is 0 Å². The van der Waals surface area contributed by atoms with Gasteiger partial charge in [-0.2, -0.15) is 4.31 Å². The normalized spacial score (nSPS) is 20.3. The molecule has 1 saturated heterocycles. The van der Waals surface area contributed by atoms with Crippen LogP contribution >= 0.6 is 43.2 Å². The highest BCUT2D eigenvalue weighted by atomic mass is 79.9. The predicted octanol–water partition coefficient (Wildman–Crippen LogP) is 1.24. The van der Waals surface area contributed by atoms with E-state index in [-0.39, 0.29) is 18.0 Å². The van der Waals surface area contributed by atoms with Gasteiger partial charge in [0, 0.05) is 13.1 Å². The summed E-state index contributed by atoms with van der Waals surface area (Å²) in [6.07, 6.45) is -0.575. The number of rotatable bonds is 4. The van der Waals surface area contributed by atoms with Crippen LogP contribution in [0.5, 0.6) is 0 Å². The topological polar surface area (TPSA) is 104 Å². The van der Waals surface area contributed by atoms with Crippen molar-refractivity contribution in [3.8, 4) is 0 Å². The summed E-state index contributed by atoms with van der Waals surface area (Å²) >= 11 is 7.56. The number of sulfonamides is 1. The van der Waals surface area contributed by atoms with Gasteiger partial charge in [0.05, 0.1) is 14.0 Å². The monoisotopic (exact) mass is 460 g/mol. The Morgan fingerprint density at radius 1 is 1.52 bits per heavy atom. The highest BCUT2D eigenvalue weighted by Gasteiger charge is 2.40. The first-order chi connectivity index (χ1) is 9.73. The van der Waals surface area contributed by atoms with E-state index in [9.17, 15) is 18.0 Å². The lowest BCUT2D eigenvalue weighted by Gasteiger charge is -2.33. The SMILES string of the molecule is O=C(O)CC1C(=O)NCCN1S(=O)(=O)c1cc(Br)sc1Br. The minimum atomic E-state index is -3.96. The maximum absolute atomic E-state index is 12.7. The molecule has 2 N–H and O–H groups in total. The van der Waals surface area contributed by atoms with Crippen molar-refractivity contribution in [1.82, 2.24) is 9.62 Å². The number of aliphatic carboxylic acids is 1. The summed E-state index contributed by atoms with van der Waals surface area (Å²) in [5.41, 5.74) is 0. The molecule has 0 spiro atoms. The molecule has 1 aromatic heterocycles. The highest BCUT2D eigenvalue weighted by molar-refractivity contribution is 9.12. The molecule has 1 aromatic rings. The maximum Gasteiger partial charge on any atom is 0.305 e. The molecule has 0 radical (unpaired) electrons. The van der Waals surface area contributed by atoms with Crippen molar-refractivity contribution in [2.45, 2.75) is 17.4 Å². The van der Waals surface area contributed by atoms with E-state index in [0.29, 0.717) is 7.57 Å². The number of piperazine rings is 1. The van der Waals surface area contributed by atoms with E-state index in [2.05, 4.69) is 37.2 Å². The van der Waals surface area contributed by atoms with Crippen molar-refractivity contribution in [3.05, 3.63) is 13.6 Å².